The molecule has 0 aliphatic heterocycles. The highest BCUT2D eigenvalue weighted by Crippen LogP contribution is 2.26. The van der Waals surface area contributed by atoms with E-state index in [1.54, 1.807) is 0 Å². The number of aromatic amines is 1. The van der Waals surface area contributed by atoms with Gasteiger partial charge in [-0.15, -0.1) is 0 Å². The zero-order valence-corrected chi connectivity index (χ0v) is 17.2. The number of aryl methyl sites for hydroxylation is 2. The van der Waals surface area contributed by atoms with E-state index in [2.05, 4.69) is 83.7 Å². The van der Waals surface area contributed by atoms with Crippen LogP contribution in [0.2, 0.25) is 0 Å². The average molecular weight is 467 g/mol. The van der Waals surface area contributed by atoms with E-state index in [9.17, 15) is 4.79 Å². The molecule has 1 aromatic carbocycles. The van der Waals surface area contributed by atoms with Gasteiger partial charge in [-0.2, -0.15) is 10.2 Å². The molecule has 0 radical (unpaired) electrons. The molecule has 25 heavy (non-hydrogen) atoms. The molecule has 2 N–H and O–H groups in total. The second-order valence-corrected chi connectivity index (χ2v) is 7.43. The molecule has 0 aliphatic rings. The molecule has 2 aromatic heterocycles. The standard InChI is InChI=1S/C17H17Br2N5O/c1-9-4-6-12(7-5-9)8-24-11(3)14(10(2)23-24)20-17(25)15-13(18)16(19)22-21-15/h4-7H,8H2,1-3H3,(H,20,25)(H,21,22). The van der Waals surface area contributed by atoms with E-state index in [1.165, 1.54) is 5.56 Å². The fourth-order valence-corrected chi connectivity index (χ4v) is 3.16. The molecule has 8 heteroatoms. The number of hydrogen-bond donors (Lipinski definition) is 2. The van der Waals surface area contributed by atoms with E-state index in [-0.39, 0.29) is 11.6 Å². The lowest BCUT2D eigenvalue weighted by Crippen LogP contribution is -2.14. The number of hydrogen-bond acceptors (Lipinski definition) is 3. The van der Waals surface area contributed by atoms with Crippen molar-refractivity contribution in [3.63, 3.8) is 0 Å². The summed E-state index contributed by atoms with van der Waals surface area (Å²) in [4.78, 5) is 12.5. The molecule has 1 amide bonds. The number of nitrogens with one attached hydrogen (secondary N) is 2. The van der Waals surface area contributed by atoms with Gasteiger partial charge in [-0.3, -0.25) is 14.6 Å². The van der Waals surface area contributed by atoms with Gasteiger partial charge >= 0.3 is 0 Å². The van der Waals surface area contributed by atoms with Crippen LogP contribution in [0.15, 0.2) is 33.3 Å². The molecule has 0 saturated heterocycles. The van der Waals surface area contributed by atoms with Crippen LogP contribution in [0.5, 0.6) is 0 Å². The van der Waals surface area contributed by atoms with Crippen LogP contribution in [0, 0.1) is 20.8 Å². The largest absolute Gasteiger partial charge is 0.317 e. The Balaban J connectivity index is 1.83. The topological polar surface area (TPSA) is 75.6 Å². The van der Waals surface area contributed by atoms with Gasteiger partial charge in [0, 0.05) is 0 Å². The molecule has 0 saturated carbocycles. The van der Waals surface area contributed by atoms with Gasteiger partial charge in [-0.05, 0) is 58.2 Å². The fraction of sp³-hybridized carbons (Fsp3) is 0.235. The molecule has 2 heterocycles. The summed E-state index contributed by atoms with van der Waals surface area (Å²) in [6, 6.07) is 8.33. The Morgan fingerprint density at radius 1 is 1.20 bits per heavy atom. The number of carbonyl (C=O) groups is 1. The first-order chi connectivity index (χ1) is 11.9. The van der Waals surface area contributed by atoms with Gasteiger partial charge in [0.1, 0.15) is 4.60 Å². The number of amides is 1. The molecule has 0 bridgehead atoms. The summed E-state index contributed by atoms with van der Waals surface area (Å²) in [5.74, 6) is -0.296. The predicted molar refractivity (Wildman–Crippen MR) is 104 cm³/mol. The Kier molecular flexibility index (Phi) is 5.10. The Labute approximate surface area is 162 Å². The first-order valence-corrected chi connectivity index (χ1v) is 9.25. The van der Waals surface area contributed by atoms with E-state index >= 15 is 0 Å². The molecule has 3 aromatic rings. The first-order valence-electron chi connectivity index (χ1n) is 7.67. The van der Waals surface area contributed by atoms with Gasteiger partial charge in [0.05, 0.1) is 28.1 Å². The number of benzene rings is 1. The third-order valence-electron chi connectivity index (χ3n) is 3.95. The van der Waals surface area contributed by atoms with Crippen molar-refractivity contribution >= 4 is 43.5 Å². The molecular weight excluding hydrogens is 450 g/mol. The Morgan fingerprint density at radius 3 is 2.48 bits per heavy atom. The number of rotatable bonds is 4. The lowest BCUT2D eigenvalue weighted by molar-refractivity contribution is 0.102. The van der Waals surface area contributed by atoms with Crippen LogP contribution in [0.3, 0.4) is 0 Å². The summed E-state index contributed by atoms with van der Waals surface area (Å²) >= 11 is 6.62. The first kappa shape index (κ1) is 17.9. The average Bonchev–Trinajstić information content (AvgIpc) is 3.04. The van der Waals surface area contributed by atoms with Crippen LogP contribution in [0.25, 0.3) is 0 Å². The quantitative estimate of drug-likeness (QED) is 0.599. The van der Waals surface area contributed by atoms with Crippen molar-refractivity contribution in [2.24, 2.45) is 0 Å². The minimum absolute atomic E-state index is 0.289. The SMILES string of the molecule is Cc1ccc(Cn2nc(C)c(NC(=O)c3n[nH]c(Br)c3Br)c2C)cc1. The zero-order valence-electron chi connectivity index (χ0n) is 14.0. The highest BCUT2D eigenvalue weighted by molar-refractivity contribution is 9.13. The second kappa shape index (κ2) is 7.13. The van der Waals surface area contributed by atoms with Crippen LogP contribution >= 0.6 is 31.9 Å². The fourth-order valence-electron chi connectivity index (χ4n) is 2.53. The number of anilines is 1. The maximum Gasteiger partial charge on any atom is 0.277 e. The number of nitrogens with zero attached hydrogens (tertiary/aromatic N) is 3. The van der Waals surface area contributed by atoms with E-state index in [0.29, 0.717) is 21.3 Å². The van der Waals surface area contributed by atoms with Crippen molar-refractivity contribution in [1.29, 1.82) is 0 Å². The number of carbonyl (C=O) groups excluding carboxylic acids is 1. The van der Waals surface area contributed by atoms with Crippen LogP contribution in [-0.2, 0) is 6.54 Å². The van der Waals surface area contributed by atoms with E-state index in [0.717, 1.165) is 17.0 Å². The van der Waals surface area contributed by atoms with Gasteiger partial charge in [-0.1, -0.05) is 29.8 Å². The third-order valence-corrected chi connectivity index (χ3v) is 5.83. The van der Waals surface area contributed by atoms with Gasteiger partial charge in [0.2, 0.25) is 0 Å². The third kappa shape index (κ3) is 3.69. The summed E-state index contributed by atoms with van der Waals surface area (Å²) < 4.78 is 3.11. The minimum atomic E-state index is -0.296. The number of H-pyrrole nitrogens is 1. The molecule has 130 valence electrons. The van der Waals surface area contributed by atoms with Gasteiger partial charge < -0.3 is 5.32 Å². The highest BCUT2D eigenvalue weighted by Gasteiger charge is 2.20. The van der Waals surface area contributed by atoms with Crippen molar-refractivity contribution in [3.05, 3.63) is 61.6 Å². The van der Waals surface area contributed by atoms with Gasteiger partial charge in [0.25, 0.3) is 5.91 Å². The molecule has 6 nitrogen and oxygen atoms in total. The van der Waals surface area contributed by atoms with E-state index in [1.807, 2.05) is 18.5 Å². The van der Waals surface area contributed by atoms with Gasteiger partial charge in [-0.25, -0.2) is 0 Å². The van der Waals surface area contributed by atoms with Gasteiger partial charge in [0.15, 0.2) is 5.69 Å². The number of halogens is 2. The maximum absolute atomic E-state index is 12.5. The summed E-state index contributed by atoms with van der Waals surface area (Å²) in [6.45, 7) is 6.54. The summed E-state index contributed by atoms with van der Waals surface area (Å²) in [6.07, 6.45) is 0. The Bertz CT molecular complexity index is 927. The molecule has 3 rings (SSSR count). The van der Waals surface area contributed by atoms with Crippen LogP contribution in [0.4, 0.5) is 5.69 Å². The zero-order chi connectivity index (χ0) is 18.1. The molecular formula is C17H17Br2N5O. The van der Waals surface area contributed by atoms with Crippen LogP contribution in [0.1, 0.15) is 33.0 Å². The van der Waals surface area contributed by atoms with Crippen molar-refractivity contribution < 1.29 is 4.79 Å². The van der Waals surface area contributed by atoms with Crippen molar-refractivity contribution in [2.45, 2.75) is 27.3 Å². The highest BCUT2D eigenvalue weighted by atomic mass is 79.9. The monoisotopic (exact) mass is 465 g/mol. The normalized spacial score (nSPS) is 10.9. The molecule has 0 fully saturated rings. The number of aromatic nitrogens is 4. The molecule has 0 unspecified atom stereocenters. The summed E-state index contributed by atoms with van der Waals surface area (Å²) in [7, 11) is 0. The lowest BCUT2D eigenvalue weighted by atomic mass is 10.1. The van der Waals surface area contributed by atoms with Crippen molar-refractivity contribution in [2.75, 3.05) is 5.32 Å². The summed E-state index contributed by atoms with van der Waals surface area (Å²) in [5.41, 5.74) is 5.05. The van der Waals surface area contributed by atoms with E-state index < -0.39 is 0 Å². The Morgan fingerprint density at radius 2 is 1.88 bits per heavy atom. The predicted octanol–water partition coefficient (Wildman–Crippen LogP) is 4.36. The Hall–Kier alpha value is -1.93. The maximum atomic E-state index is 12.5. The van der Waals surface area contributed by atoms with Crippen molar-refractivity contribution in [3.8, 4) is 0 Å². The van der Waals surface area contributed by atoms with E-state index in [4.69, 9.17) is 0 Å². The lowest BCUT2D eigenvalue weighted by Gasteiger charge is -2.07. The second-order valence-electron chi connectivity index (χ2n) is 5.84. The van der Waals surface area contributed by atoms with Crippen LogP contribution in [-0.4, -0.2) is 25.9 Å². The van der Waals surface area contributed by atoms with Crippen molar-refractivity contribution in [1.82, 2.24) is 20.0 Å². The van der Waals surface area contributed by atoms with Crippen LogP contribution < -0.4 is 5.32 Å². The molecule has 0 atom stereocenters. The molecule has 0 aliphatic carbocycles. The molecule has 0 spiro atoms. The minimum Gasteiger partial charge on any atom is -0.317 e. The smallest absolute Gasteiger partial charge is 0.277 e. The summed E-state index contributed by atoms with van der Waals surface area (Å²) in [5, 5.41) is 14.2.